The van der Waals surface area contributed by atoms with E-state index >= 15 is 0 Å². The molecule has 2 fully saturated rings. The van der Waals surface area contributed by atoms with E-state index in [1.54, 1.807) is 24.3 Å². The van der Waals surface area contributed by atoms with Crippen LogP contribution in [-0.4, -0.2) is 21.5 Å². The summed E-state index contributed by atoms with van der Waals surface area (Å²) in [6.45, 7) is 4.24. The Balaban J connectivity index is 1.37. The van der Waals surface area contributed by atoms with Gasteiger partial charge in [-0.1, -0.05) is 18.5 Å². The predicted octanol–water partition coefficient (Wildman–Crippen LogP) is 4.25. The first-order valence-corrected chi connectivity index (χ1v) is 9.52. The van der Waals surface area contributed by atoms with Crippen molar-refractivity contribution in [3.8, 4) is 0 Å². The first-order valence-electron chi connectivity index (χ1n) is 9.14. The second kappa shape index (κ2) is 6.49. The molecule has 1 N–H and O–H groups in total. The molecule has 1 aromatic carbocycles. The predicted molar refractivity (Wildman–Crippen MR) is 98.7 cm³/mol. The van der Waals surface area contributed by atoms with Gasteiger partial charge in [0.25, 0.3) is 5.91 Å². The van der Waals surface area contributed by atoms with Crippen molar-refractivity contribution < 1.29 is 4.79 Å². The minimum atomic E-state index is 0.00972. The number of aromatic nitrogens is 2. The summed E-state index contributed by atoms with van der Waals surface area (Å²) in [5.41, 5.74) is 0.681. The van der Waals surface area contributed by atoms with Crippen LogP contribution in [0.4, 0.5) is 0 Å². The average molecular weight is 358 g/mol. The summed E-state index contributed by atoms with van der Waals surface area (Å²) in [6.07, 6.45) is 7.38. The lowest BCUT2D eigenvalue weighted by Gasteiger charge is -2.22. The Morgan fingerprint density at radius 3 is 2.56 bits per heavy atom. The Hall–Kier alpha value is -1.81. The summed E-state index contributed by atoms with van der Waals surface area (Å²) in [6, 6.07) is 7.95. The first-order chi connectivity index (χ1) is 12.1. The minimum Gasteiger partial charge on any atom is -0.349 e. The van der Waals surface area contributed by atoms with Crippen molar-refractivity contribution in [1.29, 1.82) is 0 Å². The average Bonchev–Trinajstić information content (AvgIpc) is 2.95. The van der Waals surface area contributed by atoms with Crippen LogP contribution in [0.2, 0.25) is 5.02 Å². The van der Waals surface area contributed by atoms with E-state index in [9.17, 15) is 4.79 Å². The lowest BCUT2D eigenvalue weighted by atomic mass is 9.99. The van der Waals surface area contributed by atoms with Crippen molar-refractivity contribution in [1.82, 2.24) is 14.9 Å². The highest BCUT2D eigenvalue weighted by molar-refractivity contribution is 6.30. The number of benzene rings is 1. The number of imidazole rings is 1. The molecule has 0 saturated heterocycles. The van der Waals surface area contributed by atoms with Gasteiger partial charge in [0.1, 0.15) is 5.82 Å². The molecule has 2 aliphatic rings. The zero-order valence-corrected chi connectivity index (χ0v) is 15.4. The summed E-state index contributed by atoms with van der Waals surface area (Å²) in [5.74, 6) is 3.22. The maximum atomic E-state index is 12.5. The molecule has 25 heavy (non-hydrogen) atoms. The van der Waals surface area contributed by atoms with E-state index in [-0.39, 0.29) is 11.9 Å². The second-order valence-corrected chi connectivity index (χ2v) is 7.84. The molecular weight excluding hydrogens is 334 g/mol. The molecule has 0 spiro atoms. The van der Waals surface area contributed by atoms with Crippen LogP contribution in [0.1, 0.15) is 48.4 Å². The van der Waals surface area contributed by atoms with Crippen LogP contribution in [0.25, 0.3) is 0 Å². The zero-order chi connectivity index (χ0) is 17.6. The van der Waals surface area contributed by atoms with E-state index in [0.29, 0.717) is 22.5 Å². The third kappa shape index (κ3) is 3.08. The topological polar surface area (TPSA) is 46.9 Å². The smallest absolute Gasteiger partial charge is 0.251 e. The number of nitrogens with zero attached hydrogens (tertiary/aromatic N) is 2. The Bertz CT molecular complexity index is 758. The van der Waals surface area contributed by atoms with Gasteiger partial charge in [-0.3, -0.25) is 4.79 Å². The van der Waals surface area contributed by atoms with Crippen LogP contribution in [0.15, 0.2) is 36.7 Å². The molecule has 4 rings (SSSR count). The highest BCUT2D eigenvalue weighted by atomic mass is 35.5. The molecule has 0 aliphatic heterocycles. The molecule has 132 valence electrons. The number of fused-ring (bicyclic) bond motifs is 1. The van der Waals surface area contributed by atoms with Crippen molar-refractivity contribution >= 4 is 17.5 Å². The Labute approximate surface area is 153 Å². The molecule has 1 amide bonds. The number of carbonyl (C=O) groups is 1. The summed E-state index contributed by atoms with van der Waals surface area (Å²) in [5, 5.41) is 3.91. The largest absolute Gasteiger partial charge is 0.349 e. The molecular formula is C20H24ClN3O. The zero-order valence-electron chi connectivity index (χ0n) is 14.7. The molecule has 2 aliphatic carbocycles. The quantitative estimate of drug-likeness (QED) is 0.869. The number of amides is 1. The Kier molecular flexibility index (Phi) is 4.32. The summed E-state index contributed by atoms with van der Waals surface area (Å²) in [4.78, 5) is 16.9. The number of aryl methyl sites for hydroxylation is 1. The lowest BCUT2D eigenvalue weighted by molar-refractivity contribution is 0.0927. The van der Waals surface area contributed by atoms with Crippen LogP contribution in [0.5, 0.6) is 0 Å². The van der Waals surface area contributed by atoms with E-state index in [1.807, 2.05) is 6.20 Å². The standard InChI is InChI=1S/C20H24ClN3O/c1-3-18(23-20(25)13-4-6-14(21)7-5-13)19-16-10-15(11-17(16)19)24-9-8-22-12(24)2/h4-9,15-19H,3,10-11H2,1-2H3,(H,23,25). The molecule has 3 atom stereocenters. The van der Waals surface area contributed by atoms with Crippen LogP contribution in [0.3, 0.4) is 0 Å². The molecule has 5 heteroatoms. The van der Waals surface area contributed by atoms with Gasteiger partial charge in [-0.25, -0.2) is 4.98 Å². The summed E-state index contributed by atoms with van der Waals surface area (Å²) >= 11 is 5.90. The van der Waals surface area contributed by atoms with Crippen molar-refractivity contribution in [2.24, 2.45) is 17.8 Å². The van der Waals surface area contributed by atoms with Gasteiger partial charge in [0.05, 0.1) is 0 Å². The van der Waals surface area contributed by atoms with E-state index in [1.165, 1.54) is 12.8 Å². The highest BCUT2D eigenvalue weighted by Crippen LogP contribution is 2.62. The number of nitrogens with one attached hydrogen (secondary N) is 1. The second-order valence-electron chi connectivity index (χ2n) is 7.41. The fraction of sp³-hybridized carbons (Fsp3) is 0.500. The van der Waals surface area contributed by atoms with Crippen molar-refractivity contribution in [3.05, 3.63) is 53.1 Å². The van der Waals surface area contributed by atoms with E-state index in [4.69, 9.17) is 11.6 Å². The molecule has 2 saturated carbocycles. The van der Waals surface area contributed by atoms with Crippen LogP contribution < -0.4 is 5.32 Å². The van der Waals surface area contributed by atoms with Gasteiger partial charge in [0.15, 0.2) is 0 Å². The van der Waals surface area contributed by atoms with Gasteiger partial charge in [0.2, 0.25) is 0 Å². The van der Waals surface area contributed by atoms with Crippen LogP contribution in [0, 0.1) is 24.7 Å². The monoisotopic (exact) mass is 357 g/mol. The Morgan fingerprint density at radius 2 is 2.00 bits per heavy atom. The number of hydrogen-bond acceptors (Lipinski definition) is 2. The molecule has 1 heterocycles. The molecule has 1 aromatic heterocycles. The summed E-state index contributed by atoms with van der Waals surface area (Å²) in [7, 11) is 0. The number of halogens is 1. The van der Waals surface area contributed by atoms with Crippen molar-refractivity contribution in [2.45, 2.75) is 45.2 Å². The van der Waals surface area contributed by atoms with Crippen molar-refractivity contribution in [3.63, 3.8) is 0 Å². The molecule has 4 nitrogen and oxygen atoms in total. The number of hydrogen-bond donors (Lipinski definition) is 1. The third-order valence-corrected chi connectivity index (χ3v) is 6.32. The molecule has 0 radical (unpaired) electrons. The summed E-state index contributed by atoms with van der Waals surface area (Å²) < 4.78 is 2.32. The van der Waals surface area contributed by atoms with Crippen LogP contribution in [-0.2, 0) is 0 Å². The molecule has 0 bridgehead atoms. The van der Waals surface area contributed by atoms with Gasteiger partial charge in [-0.15, -0.1) is 0 Å². The maximum absolute atomic E-state index is 12.5. The van der Waals surface area contributed by atoms with Gasteiger partial charge < -0.3 is 9.88 Å². The fourth-order valence-electron chi connectivity index (χ4n) is 4.78. The normalized spacial score (nSPS) is 28.4. The van der Waals surface area contributed by atoms with Crippen molar-refractivity contribution in [2.75, 3.05) is 0 Å². The van der Waals surface area contributed by atoms with Gasteiger partial charge in [-0.05, 0) is 68.2 Å². The number of rotatable bonds is 5. The van der Waals surface area contributed by atoms with E-state index in [2.05, 4.69) is 34.9 Å². The van der Waals surface area contributed by atoms with E-state index < -0.39 is 0 Å². The number of carbonyl (C=O) groups excluding carboxylic acids is 1. The molecule has 2 aromatic rings. The third-order valence-electron chi connectivity index (χ3n) is 6.07. The van der Waals surface area contributed by atoms with Gasteiger partial charge in [0, 0.05) is 35.1 Å². The lowest BCUT2D eigenvalue weighted by Crippen LogP contribution is -2.37. The minimum absolute atomic E-state index is 0.00972. The Morgan fingerprint density at radius 1 is 1.32 bits per heavy atom. The van der Waals surface area contributed by atoms with Crippen LogP contribution >= 0.6 is 11.6 Å². The van der Waals surface area contributed by atoms with Gasteiger partial charge >= 0.3 is 0 Å². The SMILES string of the molecule is CCC(NC(=O)c1ccc(Cl)cc1)C1C2CC(n3ccnc3C)CC21. The fourth-order valence-corrected chi connectivity index (χ4v) is 4.91. The first kappa shape index (κ1) is 16.6. The maximum Gasteiger partial charge on any atom is 0.251 e. The molecule has 3 unspecified atom stereocenters. The van der Waals surface area contributed by atoms with Gasteiger partial charge in [-0.2, -0.15) is 0 Å². The highest BCUT2D eigenvalue weighted by Gasteiger charge is 2.59. The van der Waals surface area contributed by atoms with E-state index in [0.717, 1.165) is 24.1 Å².